The number of ether oxygens (including phenoxy) is 3. The van der Waals surface area contributed by atoms with Crippen LogP contribution in [0.25, 0.3) is 10.2 Å². The number of hydrogen-bond acceptors (Lipinski definition) is 8. The van der Waals surface area contributed by atoms with Gasteiger partial charge in [-0.3, -0.25) is 9.59 Å². The normalized spacial score (nSPS) is 11.8. The molecule has 2 amide bonds. The van der Waals surface area contributed by atoms with Crippen molar-refractivity contribution in [2.75, 3.05) is 25.3 Å². The molecule has 0 fully saturated rings. The van der Waals surface area contributed by atoms with E-state index in [0.717, 1.165) is 25.9 Å². The second kappa shape index (κ2) is 13.0. The minimum atomic E-state index is -2.99. The fourth-order valence-electron chi connectivity index (χ4n) is 3.97. The van der Waals surface area contributed by atoms with Crippen LogP contribution in [0.15, 0.2) is 58.9 Å². The first kappa shape index (κ1) is 29.1. The molecule has 1 atom stereocenters. The van der Waals surface area contributed by atoms with Gasteiger partial charge in [0.1, 0.15) is 17.2 Å². The number of alkyl halides is 2. The third-order valence-corrected chi connectivity index (χ3v) is 8.13. The summed E-state index contributed by atoms with van der Waals surface area (Å²) in [6.45, 7) is 0.463. The quantitative estimate of drug-likeness (QED) is 0.195. The Morgan fingerprint density at radius 2 is 1.80 bits per heavy atom. The maximum atomic E-state index is 13.0. The first-order valence-electron chi connectivity index (χ1n) is 12.1. The van der Waals surface area contributed by atoms with Crippen LogP contribution in [-0.2, 0) is 4.79 Å². The predicted molar refractivity (Wildman–Crippen MR) is 152 cm³/mol. The molecule has 12 heteroatoms. The van der Waals surface area contributed by atoms with Gasteiger partial charge in [-0.2, -0.15) is 8.78 Å². The first-order valence-corrected chi connectivity index (χ1v) is 13.9. The molecule has 210 valence electrons. The van der Waals surface area contributed by atoms with Crippen molar-refractivity contribution in [1.29, 1.82) is 0 Å². The van der Waals surface area contributed by atoms with Gasteiger partial charge < -0.3 is 24.8 Å². The molecular weight excluding hydrogens is 560 g/mol. The Labute approximate surface area is 238 Å². The van der Waals surface area contributed by atoms with E-state index in [0.29, 0.717) is 5.69 Å². The van der Waals surface area contributed by atoms with Crippen molar-refractivity contribution in [1.82, 2.24) is 10.3 Å². The van der Waals surface area contributed by atoms with Crippen molar-refractivity contribution < 1.29 is 32.6 Å². The Balaban J connectivity index is 1.38. The standard InChI is InChI=1S/C28H27F2N3O5S2/c1-15-22(38-27(29)30)12-10-20(25(15)37-4)26(35)32-18-7-11-21-23(13-18)40-28(33-21)39-14-24(34)31-16(2)17-5-8-19(36-3)9-6-17/h5-13,16,27H,14H2,1-4H3,(H,31,34)(H,32,35)/t16-/m0/s1. The van der Waals surface area contributed by atoms with Gasteiger partial charge in [0.05, 0.1) is 41.8 Å². The molecule has 1 aromatic heterocycles. The van der Waals surface area contributed by atoms with Crippen LogP contribution in [-0.4, -0.2) is 43.4 Å². The number of hydrogen-bond donors (Lipinski definition) is 2. The zero-order valence-electron chi connectivity index (χ0n) is 22.1. The van der Waals surface area contributed by atoms with Gasteiger partial charge in [-0.1, -0.05) is 23.9 Å². The smallest absolute Gasteiger partial charge is 0.387 e. The van der Waals surface area contributed by atoms with Crippen molar-refractivity contribution in [3.05, 3.63) is 71.3 Å². The summed E-state index contributed by atoms with van der Waals surface area (Å²) in [7, 11) is 2.96. The van der Waals surface area contributed by atoms with Crippen molar-refractivity contribution in [3.8, 4) is 17.2 Å². The van der Waals surface area contributed by atoms with E-state index in [1.165, 1.54) is 49.3 Å². The Kier molecular flexibility index (Phi) is 9.43. The lowest BCUT2D eigenvalue weighted by molar-refractivity contribution is -0.119. The van der Waals surface area contributed by atoms with Gasteiger partial charge in [-0.15, -0.1) is 11.3 Å². The van der Waals surface area contributed by atoms with Crippen LogP contribution in [0.5, 0.6) is 17.2 Å². The van der Waals surface area contributed by atoms with Crippen molar-refractivity contribution in [2.45, 2.75) is 30.8 Å². The fraction of sp³-hybridized carbons (Fsp3) is 0.250. The number of nitrogens with one attached hydrogen (secondary N) is 2. The molecule has 0 bridgehead atoms. The monoisotopic (exact) mass is 587 g/mol. The highest BCUT2D eigenvalue weighted by Crippen LogP contribution is 2.34. The topological polar surface area (TPSA) is 98.8 Å². The van der Waals surface area contributed by atoms with Crippen LogP contribution in [0.1, 0.15) is 34.5 Å². The second-order valence-electron chi connectivity index (χ2n) is 8.62. The third kappa shape index (κ3) is 6.99. The van der Waals surface area contributed by atoms with E-state index in [-0.39, 0.29) is 40.3 Å². The number of thiazole rings is 1. The SMILES string of the molecule is COc1ccc([C@H](C)NC(=O)CSc2nc3ccc(NC(=O)c4ccc(OC(F)F)c(C)c4OC)cc3s2)cc1. The summed E-state index contributed by atoms with van der Waals surface area (Å²) in [5.41, 5.74) is 2.70. The lowest BCUT2D eigenvalue weighted by atomic mass is 10.1. The van der Waals surface area contributed by atoms with Crippen molar-refractivity contribution >= 4 is 50.8 Å². The Bertz CT molecular complexity index is 1510. The summed E-state index contributed by atoms with van der Waals surface area (Å²) in [5.74, 6) is 0.451. The highest BCUT2D eigenvalue weighted by Gasteiger charge is 2.20. The minimum Gasteiger partial charge on any atom is -0.497 e. The maximum absolute atomic E-state index is 13.0. The van der Waals surface area contributed by atoms with Crippen LogP contribution in [0, 0.1) is 6.92 Å². The Hall–Kier alpha value is -3.90. The molecule has 8 nitrogen and oxygen atoms in total. The number of methoxy groups -OCH3 is 2. The summed E-state index contributed by atoms with van der Waals surface area (Å²) in [6, 6.07) is 15.3. The molecule has 0 spiro atoms. The molecule has 0 unspecified atom stereocenters. The van der Waals surface area contributed by atoms with Crippen molar-refractivity contribution in [2.24, 2.45) is 0 Å². The first-order chi connectivity index (χ1) is 19.2. The van der Waals surface area contributed by atoms with E-state index in [2.05, 4.69) is 20.4 Å². The molecule has 3 aromatic carbocycles. The third-order valence-electron chi connectivity index (χ3n) is 5.97. The molecule has 4 rings (SSSR count). The highest BCUT2D eigenvalue weighted by atomic mass is 32.2. The van der Waals surface area contributed by atoms with Crippen LogP contribution in [0.2, 0.25) is 0 Å². The number of fused-ring (bicyclic) bond motifs is 1. The number of halogens is 2. The molecule has 2 N–H and O–H groups in total. The second-order valence-corrected chi connectivity index (χ2v) is 10.9. The van der Waals surface area contributed by atoms with Crippen molar-refractivity contribution in [3.63, 3.8) is 0 Å². The van der Waals surface area contributed by atoms with Gasteiger partial charge in [0.2, 0.25) is 5.91 Å². The number of carbonyl (C=O) groups excluding carboxylic acids is 2. The van der Waals surface area contributed by atoms with Gasteiger partial charge in [0.25, 0.3) is 5.91 Å². The average molecular weight is 588 g/mol. The number of carbonyl (C=O) groups is 2. The zero-order chi connectivity index (χ0) is 28.8. The molecule has 0 aliphatic carbocycles. The molecular formula is C28H27F2N3O5S2. The molecule has 1 heterocycles. The van der Waals surface area contributed by atoms with E-state index >= 15 is 0 Å². The number of benzene rings is 3. The van der Waals surface area contributed by atoms with Crippen LogP contribution >= 0.6 is 23.1 Å². The number of amides is 2. The molecule has 4 aromatic rings. The summed E-state index contributed by atoms with van der Waals surface area (Å²) in [5, 5.41) is 5.79. The summed E-state index contributed by atoms with van der Waals surface area (Å²) in [4.78, 5) is 30.1. The Morgan fingerprint density at radius 3 is 2.48 bits per heavy atom. The van der Waals surface area contributed by atoms with Gasteiger partial charge in [-0.05, 0) is 61.9 Å². The number of aromatic nitrogens is 1. The van der Waals surface area contributed by atoms with Crippen LogP contribution in [0.4, 0.5) is 14.5 Å². The van der Waals surface area contributed by atoms with E-state index in [1.807, 2.05) is 31.2 Å². The highest BCUT2D eigenvalue weighted by molar-refractivity contribution is 8.01. The zero-order valence-corrected chi connectivity index (χ0v) is 23.8. The van der Waals surface area contributed by atoms with E-state index in [9.17, 15) is 18.4 Å². The summed E-state index contributed by atoms with van der Waals surface area (Å²) < 4.78 is 41.8. The molecule has 0 aliphatic rings. The predicted octanol–water partition coefficient (Wildman–Crippen LogP) is 6.45. The minimum absolute atomic E-state index is 0.0663. The van der Waals surface area contributed by atoms with E-state index in [4.69, 9.17) is 9.47 Å². The van der Waals surface area contributed by atoms with E-state index in [1.54, 1.807) is 25.3 Å². The number of anilines is 1. The fourth-order valence-corrected chi connectivity index (χ4v) is 5.89. The van der Waals surface area contributed by atoms with Gasteiger partial charge >= 0.3 is 6.61 Å². The molecule has 0 saturated heterocycles. The summed E-state index contributed by atoms with van der Waals surface area (Å²) >= 11 is 2.74. The van der Waals surface area contributed by atoms with Gasteiger partial charge in [0, 0.05) is 11.3 Å². The molecule has 0 radical (unpaired) electrons. The molecule has 0 aliphatic heterocycles. The Morgan fingerprint density at radius 1 is 1.05 bits per heavy atom. The number of thioether (sulfide) groups is 1. The summed E-state index contributed by atoms with van der Waals surface area (Å²) in [6.07, 6.45) is 0. The maximum Gasteiger partial charge on any atom is 0.387 e. The van der Waals surface area contributed by atoms with E-state index < -0.39 is 12.5 Å². The van der Waals surface area contributed by atoms with Gasteiger partial charge in [0.15, 0.2) is 4.34 Å². The average Bonchev–Trinajstić information content (AvgIpc) is 3.35. The van der Waals surface area contributed by atoms with Crippen LogP contribution in [0.3, 0.4) is 0 Å². The lowest BCUT2D eigenvalue weighted by Crippen LogP contribution is -2.28. The largest absolute Gasteiger partial charge is 0.497 e. The van der Waals surface area contributed by atoms with Crippen LogP contribution < -0.4 is 24.8 Å². The van der Waals surface area contributed by atoms with Gasteiger partial charge in [-0.25, -0.2) is 4.98 Å². The lowest BCUT2D eigenvalue weighted by Gasteiger charge is -2.15. The number of rotatable bonds is 11. The number of nitrogens with zero attached hydrogens (tertiary/aromatic N) is 1. The molecule has 0 saturated carbocycles. The molecule has 40 heavy (non-hydrogen) atoms.